The van der Waals surface area contributed by atoms with Gasteiger partial charge in [-0.05, 0) is 43.2 Å². The van der Waals surface area contributed by atoms with Gasteiger partial charge in [0.1, 0.15) is 6.04 Å². The fraction of sp³-hybridized carbons (Fsp3) is 0.520. The van der Waals surface area contributed by atoms with Crippen LogP contribution in [0.2, 0.25) is 0 Å². The molecule has 186 valence electrons. The van der Waals surface area contributed by atoms with Crippen molar-refractivity contribution in [1.29, 1.82) is 0 Å². The smallest absolute Gasteiger partial charge is 0.330 e. The van der Waals surface area contributed by atoms with Gasteiger partial charge in [-0.1, -0.05) is 44.2 Å². The number of fused-ring (bicyclic) bond motifs is 1. The zero-order valence-corrected chi connectivity index (χ0v) is 20.1. The molecule has 0 bridgehead atoms. The van der Waals surface area contributed by atoms with Gasteiger partial charge < -0.3 is 26.4 Å². The maximum atomic E-state index is 13.1. The van der Waals surface area contributed by atoms with Crippen LogP contribution >= 0.6 is 0 Å². The molecule has 0 saturated heterocycles. The zero-order chi connectivity index (χ0) is 25.1. The molecule has 1 aliphatic rings. The van der Waals surface area contributed by atoms with Crippen molar-refractivity contribution in [3.05, 3.63) is 47.5 Å². The van der Waals surface area contributed by atoms with E-state index in [1.165, 1.54) is 12.2 Å². The molecule has 0 spiro atoms. The van der Waals surface area contributed by atoms with Gasteiger partial charge in [-0.25, -0.2) is 4.79 Å². The van der Waals surface area contributed by atoms with E-state index in [0.29, 0.717) is 19.4 Å². The number of carbonyl (C=O) groups excluding carboxylic acids is 4. The maximum absolute atomic E-state index is 13.1. The van der Waals surface area contributed by atoms with Gasteiger partial charge in [0.15, 0.2) is 0 Å². The summed E-state index contributed by atoms with van der Waals surface area (Å²) in [5.41, 5.74) is 7.53. The average Bonchev–Trinajstić information content (AvgIpc) is 2.79. The molecule has 0 unspecified atom stereocenters. The Labute approximate surface area is 200 Å². The second-order valence-corrected chi connectivity index (χ2v) is 8.83. The number of ether oxygens (including phenoxy) is 1. The molecule has 9 heteroatoms. The van der Waals surface area contributed by atoms with Crippen molar-refractivity contribution in [3.63, 3.8) is 0 Å². The van der Waals surface area contributed by atoms with E-state index in [-0.39, 0.29) is 37.2 Å². The zero-order valence-electron chi connectivity index (χ0n) is 20.1. The Bertz CT molecular complexity index is 899. The Morgan fingerprint density at radius 2 is 1.88 bits per heavy atom. The van der Waals surface area contributed by atoms with Gasteiger partial charge in [-0.3, -0.25) is 14.4 Å². The molecule has 1 aliphatic heterocycles. The number of esters is 1. The van der Waals surface area contributed by atoms with Crippen molar-refractivity contribution in [2.45, 2.75) is 71.1 Å². The van der Waals surface area contributed by atoms with E-state index >= 15 is 0 Å². The van der Waals surface area contributed by atoms with E-state index in [2.05, 4.69) is 16.0 Å². The molecule has 3 atom stereocenters. The van der Waals surface area contributed by atoms with E-state index in [0.717, 1.165) is 11.1 Å². The number of rotatable bonds is 12. The lowest BCUT2D eigenvalue weighted by atomic mass is 9.95. The number of primary amides is 1. The first-order valence-corrected chi connectivity index (χ1v) is 11.7. The summed E-state index contributed by atoms with van der Waals surface area (Å²) < 4.78 is 4.87. The Morgan fingerprint density at radius 1 is 1.18 bits per heavy atom. The minimum atomic E-state index is -0.765. The van der Waals surface area contributed by atoms with Crippen molar-refractivity contribution >= 4 is 23.7 Å². The van der Waals surface area contributed by atoms with E-state index < -0.39 is 30.0 Å². The summed E-state index contributed by atoms with van der Waals surface area (Å²) in [6, 6.07) is 6.13. The van der Waals surface area contributed by atoms with Crippen LogP contribution in [0.25, 0.3) is 0 Å². The molecule has 9 nitrogen and oxygen atoms in total. The van der Waals surface area contributed by atoms with E-state index in [1.54, 1.807) is 6.92 Å². The lowest BCUT2D eigenvalue weighted by Crippen LogP contribution is -2.55. The molecular formula is C25H36N4O5. The van der Waals surface area contributed by atoms with Crippen LogP contribution in [-0.4, -0.2) is 48.4 Å². The van der Waals surface area contributed by atoms with Crippen LogP contribution < -0.4 is 21.7 Å². The normalized spacial score (nSPS) is 17.0. The number of carbonyl (C=O) groups is 4. The summed E-state index contributed by atoms with van der Waals surface area (Å²) in [5.74, 6) is -1.54. The SMILES string of the molecule is CCOC(=O)/C=C/[C@H](CCC(N)=O)NC(=O)[C@H](CC(C)C)NC(=O)[C@@H]1Cc2ccccc2CN1. The van der Waals surface area contributed by atoms with E-state index in [1.807, 2.05) is 38.1 Å². The first kappa shape index (κ1) is 27.0. The molecule has 3 amide bonds. The highest BCUT2D eigenvalue weighted by Gasteiger charge is 2.29. The van der Waals surface area contributed by atoms with Gasteiger partial charge >= 0.3 is 5.97 Å². The van der Waals surface area contributed by atoms with Crippen LogP contribution in [0.5, 0.6) is 0 Å². The molecule has 1 aromatic carbocycles. The Hall–Kier alpha value is -3.20. The minimum absolute atomic E-state index is 0.0325. The number of hydrogen-bond acceptors (Lipinski definition) is 6. The molecule has 0 aliphatic carbocycles. The molecule has 1 heterocycles. The monoisotopic (exact) mass is 472 g/mol. The van der Waals surface area contributed by atoms with Gasteiger partial charge in [0.25, 0.3) is 0 Å². The lowest BCUT2D eigenvalue weighted by molar-refractivity contribution is -0.137. The maximum Gasteiger partial charge on any atom is 0.330 e. The Kier molecular flexibility index (Phi) is 10.7. The van der Waals surface area contributed by atoms with Gasteiger partial charge in [0, 0.05) is 25.1 Å². The first-order valence-electron chi connectivity index (χ1n) is 11.7. The van der Waals surface area contributed by atoms with Crippen LogP contribution in [0.3, 0.4) is 0 Å². The molecular weight excluding hydrogens is 436 g/mol. The lowest BCUT2D eigenvalue weighted by Gasteiger charge is -2.28. The van der Waals surface area contributed by atoms with Crippen molar-refractivity contribution in [2.24, 2.45) is 11.7 Å². The third-order valence-corrected chi connectivity index (χ3v) is 5.52. The molecule has 0 fully saturated rings. The molecule has 0 aromatic heterocycles. The third-order valence-electron chi connectivity index (χ3n) is 5.52. The number of nitrogens with one attached hydrogen (secondary N) is 3. The Balaban J connectivity index is 2.07. The summed E-state index contributed by atoms with van der Waals surface area (Å²) >= 11 is 0. The number of benzene rings is 1. The summed E-state index contributed by atoms with van der Waals surface area (Å²) in [6.07, 6.45) is 3.93. The Morgan fingerprint density at radius 3 is 2.53 bits per heavy atom. The van der Waals surface area contributed by atoms with Crippen molar-refractivity contribution < 1.29 is 23.9 Å². The predicted octanol–water partition coefficient (Wildman–Crippen LogP) is 1.10. The highest BCUT2D eigenvalue weighted by Crippen LogP contribution is 2.17. The largest absolute Gasteiger partial charge is 0.463 e. The number of amides is 3. The topological polar surface area (TPSA) is 140 Å². The molecule has 0 radical (unpaired) electrons. The second-order valence-electron chi connectivity index (χ2n) is 8.83. The quantitative estimate of drug-likeness (QED) is 0.265. The van der Waals surface area contributed by atoms with Gasteiger partial charge in [-0.2, -0.15) is 0 Å². The van der Waals surface area contributed by atoms with Gasteiger partial charge in [0.2, 0.25) is 17.7 Å². The van der Waals surface area contributed by atoms with Crippen LogP contribution in [0.15, 0.2) is 36.4 Å². The van der Waals surface area contributed by atoms with Crippen LogP contribution in [0.1, 0.15) is 51.2 Å². The fourth-order valence-electron chi connectivity index (χ4n) is 3.80. The minimum Gasteiger partial charge on any atom is -0.463 e. The summed E-state index contributed by atoms with van der Waals surface area (Å²) in [5, 5.41) is 8.94. The van der Waals surface area contributed by atoms with Crippen molar-refractivity contribution in [2.75, 3.05) is 6.61 Å². The number of hydrogen-bond donors (Lipinski definition) is 4. The van der Waals surface area contributed by atoms with Gasteiger partial charge in [0.05, 0.1) is 12.6 Å². The van der Waals surface area contributed by atoms with Crippen molar-refractivity contribution in [3.8, 4) is 0 Å². The van der Waals surface area contributed by atoms with Crippen LogP contribution in [0.4, 0.5) is 0 Å². The standard InChI is InChI=1S/C25H36N4O5/c1-4-34-23(31)12-10-19(9-11-22(26)30)28-25(33)21(13-16(2)3)29-24(32)20-14-17-7-5-6-8-18(17)15-27-20/h5-8,10,12,16,19-21,27H,4,9,11,13-15H2,1-3H3,(H2,26,30)(H,28,33)(H,29,32)/b12-10+/t19-,20-,21-/m0/s1. The third kappa shape index (κ3) is 8.97. The van der Waals surface area contributed by atoms with Crippen LogP contribution in [-0.2, 0) is 36.9 Å². The fourth-order valence-corrected chi connectivity index (χ4v) is 3.80. The summed E-state index contributed by atoms with van der Waals surface area (Å²) in [4.78, 5) is 49.0. The molecule has 2 rings (SSSR count). The summed E-state index contributed by atoms with van der Waals surface area (Å²) in [6.45, 7) is 6.43. The number of nitrogens with two attached hydrogens (primary N) is 1. The van der Waals surface area contributed by atoms with Crippen molar-refractivity contribution in [1.82, 2.24) is 16.0 Å². The van der Waals surface area contributed by atoms with Crippen LogP contribution in [0, 0.1) is 5.92 Å². The highest BCUT2D eigenvalue weighted by atomic mass is 16.5. The van der Waals surface area contributed by atoms with E-state index in [4.69, 9.17) is 10.5 Å². The predicted molar refractivity (Wildman–Crippen MR) is 128 cm³/mol. The second kappa shape index (κ2) is 13.5. The van der Waals surface area contributed by atoms with Gasteiger partial charge in [-0.15, -0.1) is 0 Å². The average molecular weight is 473 g/mol. The summed E-state index contributed by atoms with van der Waals surface area (Å²) in [7, 11) is 0. The highest BCUT2D eigenvalue weighted by molar-refractivity contribution is 5.90. The molecule has 0 saturated carbocycles. The first-order chi connectivity index (χ1) is 16.2. The molecule has 34 heavy (non-hydrogen) atoms. The molecule has 1 aromatic rings. The van der Waals surface area contributed by atoms with E-state index in [9.17, 15) is 19.2 Å². The molecule has 5 N–H and O–H groups in total.